The maximum Gasteiger partial charge on any atom is 0.469 e. The molecule has 1 rings (SSSR count). The van der Waals surface area contributed by atoms with E-state index in [-0.39, 0.29) is 51.4 Å². The molecule has 0 aromatic carbocycles. The molecule has 1 fully saturated rings. The van der Waals surface area contributed by atoms with Gasteiger partial charge in [0.05, 0.1) is 6.61 Å². The minimum atomic E-state index is -4.73. The smallest absolute Gasteiger partial charge is 0.387 e. The number of hydrogen-bond acceptors (Lipinski definition) is 7. The van der Waals surface area contributed by atoms with Crippen LogP contribution in [0.1, 0.15) is 0 Å². The first-order valence-electron chi connectivity index (χ1n) is 4.30. The maximum atomic E-state index is 10.4. The maximum absolute atomic E-state index is 10.4. The van der Waals surface area contributed by atoms with E-state index in [0.717, 1.165) is 0 Å². The van der Waals surface area contributed by atoms with Gasteiger partial charge in [-0.3, -0.25) is 4.52 Å². The molecule has 0 saturated carbocycles. The van der Waals surface area contributed by atoms with Crippen LogP contribution in [0.4, 0.5) is 0 Å². The third-order valence-electron chi connectivity index (χ3n) is 2.09. The second-order valence-electron chi connectivity index (χ2n) is 3.32. The zero-order valence-electron chi connectivity index (χ0n) is 8.95. The summed E-state index contributed by atoms with van der Waals surface area (Å²) in [5.41, 5.74) is 0. The summed E-state index contributed by atoms with van der Waals surface area (Å²) < 4.78 is 19.0. The fraction of sp³-hybridized carbons (Fsp3) is 1.00. The first-order chi connectivity index (χ1) is 7.22. The Kier molecular flexibility index (Phi) is 8.03. The Morgan fingerprint density at radius 3 is 2.06 bits per heavy atom. The van der Waals surface area contributed by atoms with Crippen molar-refractivity contribution in [3.8, 4) is 0 Å². The second kappa shape index (κ2) is 7.36. The van der Waals surface area contributed by atoms with E-state index in [0.29, 0.717) is 0 Å². The van der Waals surface area contributed by atoms with Gasteiger partial charge in [0.25, 0.3) is 0 Å². The molecule has 17 heavy (non-hydrogen) atoms. The van der Waals surface area contributed by atoms with Gasteiger partial charge in [-0.15, -0.1) is 0 Å². The number of phosphoric acid groups is 1. The van der Waals surface area contributed by atoms with E-state index in [4.69, 9.17) is 20.0 Å². The quantitative estimate of drug-likeness (QED) is 0.230. The van der Waals surface area contributed by atoms with Crippen molar-refractivity contribution in [3.05, 3.63) is 0 Å². The standard InChI is InChI=1S/C6H13O9P.K/c7-3-2(1-14-16(11,12)13)15-6(10)5(9)4(3)8;/h2-10H,1H2,(H2,11,12,13);. The molecule has 5 atom stereocenters. The van der Waals surface area contributed by atoms with Crippen molar-refractivity contribution < 1.29 is 44.0 Å². The van der Waals surface area contributed by atoms with E-state index in [1.54, 1.807) is 0 Å². The fourth-order valence-corrected chi connectivity index (χ4v) is 1.58. The number of hydrogen-bond donors (Lipinski definition) is 6. The number of ether oxygens (including phenoxy) is 1. The molecule has 1 radical (unpaired) electrons. The predicted octanol–water partition coefficient (Wildman–Crippen LogP) is -3.49. The van der Waals surface area contributed by atoms with Crippen LogP contribution < -0.4 is 0 Å². The first kappa shape index (κ1) is 18.5. The van der Waals surface area contributed by atoms with Crippen molar-refractivity contribution in [3.63, 3.8) is 0 Å². The predicted molar refractivity (Wildman–Crippen MR) is 52.7 cm³/mol. The summed E-state index contributed by atoms with van der Waals surface area (Å²) in [6, 6.07) is 0. The molecule has 6 N–H and O–H groups in total. The zero-order valence-corrected chi connectivity index (χ0v) is 13.0. The van der Waals surface area contributed by atoms with Gasteiger partial charge in [0, 0.05) is 51.4 Å². The third kappa shape index (κ3) is 5.59. The molecule has 11 heteroatoms. The van der Waals surface area contributed by atoms with Gasteiger partial charge in [-0.25, -0.2) is 4.57 Å². The van der Waals surface area contributed by atoms with Gasteiger partial charge < -0.3 is 34.9 Å². The second-order valence-corrected chi connectivity index (χ2v) is 4.56. The minimum absolute atomic E-state index is 0. The molecular formula is C6H13KO9P. The number of rotatable bonds is 3. The van der Waals surface area contributed by atoms with Gasteiger partial charge in [0.1, 0.15) is 24.4 Å². The minimum Gasteiger partial charge on any atom is -0.387 e. The summed E-state index contributed by atoms with van der Waals surface area (Å²) in [7, 11) is -4.73. The van der Waals surface area contributed by atoms with Crippen molar-refractivity contribution in [2.45, 2.75) is 30.7 Å². The van der Waals surface area contributed by atoms with Gasteiger partial charge in [-0.05, 0) is 0 Å². The Hall–Kier alpha value is 1.55. The molecule has 0 aromatic heterocycles. The van der Waals surface area contributed by atoms with E-state index >= 15 is 0 Å². The summed E-state index contributed by atoms with van der Waals surface area (Å²) in [6.07, 6.45) is -8.11. The molecule has 5 unspecified atom stereocenters. The normalized spacial score (nSPS) is 38.6. The average Bonchev–Trinajstić information content (AvgIpc) is 2.17. The molecule has 0 aromatic rings. The van der Waals surface area contributed by atoms with Crippen LogP contribution >= 0.6 is 7.82 Å². The van der Waals surface area contributed by atoms with Crippen molar-refractivity contribution >= 4 is 59.2 Å². The molecule has 97 valence electrons. The molecule has 1 saturated heterocycles. The number of phosphoric ester groups is 1. The van der Waals surface area contributed by atoms with Crippen LogP contribution in [0.2, 0.25) is 0 Å². The molecule has 1 heterocycles. The van der Waals surface area contributed by atoms with Crippen LogP contribution in [0.3, 0.4) is 0 Å². The van der Waals surface area contributed by atoms with E-state index in [9.17, 15) is 14.8 Å². The first-order valence-corrected chi connectivity index (χ1v) is 5.83. The number of aliphatic hydroxyl groups is 4. The average molecular weight is 299 g/mol. The summed E-state index contributed by atoms with van der Waals surface area (Å²) >= 11 is 0. The monoisotopic (exact) mass is 299 g/mol. The molecule has 1 aliphatic rings. The molecule has 9 nitrogen and oxygen atoms in total. The van der Waals surface area contributed by atoms with Crippen LogP contribution in [0.25, 0.3) is 0 Å². The van der Waals surface area contributed by atoms with Crippen molar-refractivity contribution in [2.24, 2.45) is 0 Å². The van der Waals surface area contributed by atoms with Gasteiger partial charge in [0.2, 0.25) is 0 Å². The Labute approximate surface area is 139 Å². The molecule has 0 amide bonds. The Morgan fingerprint density at radius 1 is 1.06 bits per heavy atom. The van der Waals surface area contributed by atoms with Crippen molar-refractivity contribution in [2.75, 3.05) is 6.61 Å². The SMILES string of the molecule is O=P(O)(O)OCC1OC(O)C(O)C(O)C1O.[K]. The van der Waals surface area contributed by atoms with Crippen LogP contribution in [0.5, 0.6) is 0 Å². The van der Waals surface area contributed by atoms with Gasteiger partial charge in [-0.2, -0.15) is 0 Å². The largest absolute Gasteiger partial charge is 0.469 e. The molecule has 1 aliphatic heterocycles. The molecule has 0 bridgehead atoms. The van der Waals surface area contributed by atoms with Crippen molar-refractivity contribution in [1.82, 2.24) is 0 Å². The van der Waals surface area contributed by atoms with Crippen LogP contribution in [-0.4, -0.2) is 119 Å². The Balaban J connectivity index is 0.00000256. The fourth-order valence-electron chi connectivity index (χ4n) is 1.24. The van der Waals surface area contributed by atoms with E-state index < -0.39 is 45.1 Å². The topological polar surface area (TPSA) is 157 Å². The Morgan fingerprint density at radius 2 is 1.59 bits per heavy atom. The van der Waals surface area contributed by atoms with Crippen LogP contribution in [0.15, 0.2) is 0 Å². The van der Waals surface area contributed by atoms with Crippen molar-refractivity contribution in [1.29, 1.82) is 0 Å². The van der Waals surface area contributed by atoms with Gasteiger partial charge in [-0.1, -0.05) is 0 Å². The molecular weight excluding hydrogens is 286 g/mol. The van der Waals surface area contributed by atoms with Gasteiger partial charge in [0.15, 0.2) is 6.29 Å². The molecule has 0 spiro atoms. The van der Waals surface area contributed by atoms with Gasteiger partial charge >= 0.3 is 7.82 Å². The summed E-state index contributed by atoms with van der Waals surface area (Å²) in [6.45, 7) is -0.730. The molecule has 0 aliphatic carbocycles. The summed E-state index contributed by atoms with van der Waals surface area (Å²) in [5.74, 6) is 0. The van der Waals surface area contributed by atoms with E-state index in [1.165, 1.54) is 0 Å². The number of aliphatic hydroxyl groups excluding tert-OH is 4. The van der Waals surface area contributed by atoms with Crippen LogP contribution in [0, 0.1) is 0 Å². The Bertz CT molecular complexity index is 283. The third-order valence-corrected chi connectivity index (χ3v) is 2.58. The van der Waals surface area contributed by atoms with E-state index in [1.807, 2.05) is 0 Å². The van der Waals surface area contributed by atoms with E-state index in [2.05, 4.69) is 9.26 Å². The van der Waals surface area contributed by atoms with Crippen LogP contribution in [-0.2, 0) is 13.8 Å². The summed E-state index contributed by atoms with van der Waals surface area (Å²) in [5, 5.41) is 36.7. The summed E-state index contributed by atoms with van der Waals surface area (Å²) in [4.78, 5) is 16.8. The zero-order chi connectivity index (χ0) is 12.5.